The van der Waals surface area contributed by atoms with Crippen LogP contribution in [-0.4, -0.2) is 27.2 Å². The Labute approximate surface area is 198 Å². The summed E-state index contributed by atoms with van der Waals surface area (Å²) in [5, 5.41) is 0. The van der Waals surface area contributed by atoms with E-state index in [9.17, 15) is 9.59 Å². The van der Waals surface area contributed by atoms with Gasteiger partial charge in [0.15, 0.2) is 0 Å². The maximum Gasteiger partial charge on any atom is 0.359 e. The summed E-state index contributed by atoms with van der Waals surface area (Å²) in [7, 11) is 1.74. The molecule has 176 valence electrons. The lowest BCUT2D eigenvalue weighted by Crippen LogP contribution is -2.54. The van der Waals surface area contributed by atoms with Gasteiger partial charge in [-0.1, -0.05) is 61.0 Å². The number of anilines is 1. The zero-order valence-corrected chi connectivity index (χ0v) is 20.3. The molecule has 0 fully saturated rings. The monoisotopic (exact) mass is 458 g/mol. The van der Waals surface area contributed by atoms with E-state index in [1.807, 2.05) is 32.0 Å². The number of nitrogens with zero attached hydrogens (tertiary/aromatic N) is 4. The van der Waals surface area contributed by atoms with Gasteiger partial charge in [0.2, 0.25) is 11.2 Å². The Morgan fingerprint density at radius 2 is 1.85 bits per heavy atom. The van der Waals surface area contributed by atoms with Gasteiger partial charge in [-0.3, -0.25) is 18.8 Å². The Bertz CT molecular complexity index is 1480. The maximum absolute atomic E-state index is 13.7. The van der Waals surface area contributed by atoms with Crippen LogP contribution >= 0.6 is 0 Å². The number of fused-ring (bicyclic) bond motifs is 3. The van der Waals surface area contributed by atoms with Crippen molar-refractivity contribution < 1.29 is 4.57 Å². The minimum Gasteiger partial charge on any atom is -0.267 e. The molecule has 1 aliphatic rings. The fraction of sp³-hybridized carbons (Fsp3) is 0.370. The average molecular weight is 459 g/mol. The summed E-state index contributed by atoms with van der Waals surface area (Å²) in [4.78, 5) is 32.7. The number of aromatic amines is 1. The predicted molar refractivity (Wildman–Crippen MR) is 135 cm³/mol. The summed E-state index contributed by atoms with van der Waals surface area (Å²) in [5.74, 6) is 1.29. The first-order chi connectivity index (χ1) is 16.3. The Morgan fingerprint density at radius 1 is 1.09 bits per heavy atom. The van der Waals surface area contributed by atoms with Gasteiger partial charge in [0.25, 0.3) is 5.56 Å². The lowest BCUT2D eigenvalue weighted by Gasteiger charge is -2.26. The molecule has 2 aromatic heterocycles. The van der Waals surface area contributed by atoms with Gasteiger partial charge in [0, 0.05) is 19.4 Å². The van der Waals surface area contributed by atoms with Crippen molar-refractivity contribution in [2.75, 3.05) is 18.0 Å². The second-order valence-electron chi connectivity index (χ2n) is 9.71. The summed E-state index contributed by atoms with van der Waals surface area (Å²) in [6.45, 7) is 9.01. The van der Waals surface area contributed by atoms with Crippen LogP contribution in [0.3, 0.4) is 0 Å². The van der Waals surface area contributed by atoms with E-state index < -0.39 is 0 Å². The molecular formula is C27H32N5O2+. The molecule has 0 saturated heterocycles. The SMILES string of the molecule is Cc1ccc(C)c(Cn2c(=O)c3c([nH]c4[n+]3C[C@@H](C)CN4CCc3ccccc3)n(C)c2=O)c1. The largest absolute Gasteiger partial charge is 0.359 e. The molecule has 0 bridgehead atoms. The Morgan fingerprint density at radius 3 is 2.62 bits per heavy atom. The molecule has 1 atom stereocenters. The molecule has 1 aliphatic heterocycles. The van der Waals surface area contributed by atoms with Gasteiger partial charge < -0.3 is 0 Å². The smallest absolute Gasteiger partial charge is 0.267 e. The molecule has 0 radical (unpaired) electrons. The molecule has 2 aromatic carbocycles. The van der Waals surface area contributed by atoms with E-state index in [1.165, 1.54) is 10.1 Å². The van der Waals surface area contributed by atoms with Crippen LogP contribution in [0, 0.1) is 19.8 Å². The lowest BCUT2D eigenvalue weighted by atomic mass is 10.1. The number of benzene rings is 2. The van der Waals surface area contributed by atoms with Crippen LogP contribution in [0.4, 0.5) is 5.95 Å². The van der Waals surface area contributed by atoms with Crippen LogP contribution in [0.1, 0.15) is 29.2 Å². The van der Waals surface area contributed by atoms with Crippen LogP contribution in [0.5, 0.6) is 0 Å². The molecule has 7 nitrogen and oxygen atoms in total. The summed E-state index contributed by atoms with van der Waals surface area (Å²) >= 11 is 0. The highest BCUT2D eigenvalue weighted by molar-refractivity contribution is 5.68. The molecule has 0 saturated carbocycles. The highest BCUT2D eigenvalue weighted by Crippen LogP contribution is 2.20. The Balaban J connectivity index is 1.60. The van der Waals surface area contributed by atoms with E-state index in [-0.39, 0.29) is 17.8 Å². The van der Waals surface area contributed by atoms with Crippen LogP contribution < -0.4 is 20.7 Å². The molecule has 1 N–H and O–H groups in total. The fourth-order valence-electron chi connectivity index (χ4n) is 5.06. The van der Waals surface area contributed by atoms with E-state index in [0.717, 1.165) is 48.7 Å². The van der Waals surface area contributed by atoms with Crippen molar-refractivity contribution in [2.45, 2.75) is 40.3 Å². The zero-order valence-electron chi connectivity index (χ0n) is 20.3. The topological polar surface area (TPSA) is 66.9 Å². The molecular weight excluding hydrogens is 426 g/mol. The van der Waals surface area contributed by atoms with Crippen molar-refractivity contribution >= 4 is 17.1 Å². The first-order valence-electron chi connectivity index (χ1n) is 11.9. The van der Waals surface area contributed by atoms with Gasteiger partial charge >= 0.3 is 11.6 Å². The van der Waals surface area contributed by atoms with Crippen LogP contribution in [-0.2, 0) is 26.6 Å². The molecule has 34 heavy (non-hydrogen) atoms. The van der Waals surface area contributed by atoms with Crippen molar-refractivity contribution in [1.29, 1.82) is 0 Å². The number of rotatable bonds is 5. The zero-order chi connectivity index (χ0) is 24.0. The molecule has 3 heterocycles. The number of nitrogens with one attached hydrogen (secondary N) is 1. The van der Waals surface area contributed by atoms with E-state index >= 15 is 0 Å². The van der Waals surface area contributed by atoms with Crippen molar-refractivity contribution in [3.05, 3.63) is 91.6 Å². The summed E-state index contributed by atoms with van der Waals surface area (Å²) in [5.41, 5.74) is 5.07. The first-order valence-corrected chi connectivity index (χ1v) is 11.9. The van der Waals surface area contributed by atoms with E-state index in [4.69, 9.17) is 0 Å². The van der Waals surface area contributed by atoms with Crippen LogP contribution in [0.25, 0.3) is 11.2 Å². The lowest BCUT2D eigenvalue weighted by molar-refractivity contribution is -0.670. The van der Waals surface area contributed by atoms with E-state index in [2.05, 4.69) is 51.7 Å². The van der Waals surface area contributed by atoms with Gasteiger partial charge in [-0.15, -0.1) is 0 Å². The molecule has 0 aliphatic carbocycles. The molecule has 4 aromatic rings. The van der Waals surface area contributed by atoms with Gasteiger partial charge in [0.1, 0.15) is 0 Å². The predicted octanol–water partition coefficient (Wildman–Crippen LogP) is 2.68. The third-order valence-corrected chi connectivity index (χ3v) is 6.95. The second-order valence-corrected chi connectivity index (χ2v) is 9.71. The van der Waals surface area contributed by atoms with Gasteiger partial charge in [-0.25, -0.2) is 14.3 Å². The highest BCUT2D eigenvalue weighted by atomic mass is 16.2. The molecule has 0 unspecified atom stereocenters. The van der Waals surface area contributed by atoms with Crippen molar-refractivity contribution in [3.63, 3.8) is 0 Å². The van der Waals surface area contributed by atoms with Gasteiger partial charge in [-0.05, 0) is 30.5 Å². The Hall–Kier alpha value is -3.61. The number of H-pyrrole nitrogens is 1. The molecule has 0 spiro atoms. The normalized spacial score (nSPS) is 15.6. The van der Waals surface area contributed by atoms with Crippen molar-refractivity contribution in [3.8, 4) is 0 Å². The number of aryl methyl sites for hydroxylation is 3. The van der Waals surface area contributed by atoms with Gasteiger partial charge in [-0.2, -0.15) is 0 Å². The summed E-state index contributed by atoms with van der Waals surface area (Å²) in [6.07, 6.45) is 0.915. The summed E-state index contributed by atoms with van der Waals surface area (Å²) in [6, 6.07) is 16.6. The Kier molecular flexibility index (Phi) is 5.63. The fourth-order valence-corrected chi connectivity index (χ4v) is 5.06. The van der Waals surface area contributed by atoms with Crippen molar-refractivity contribution in [2.24, 2.45) is 13.0 Å². The second kappa shape index (κ2) is 8.63. The van der Waals surface area contributed by atoms with Crippen LogP contribution in [0.15, 0.2) is 58.1 Å². The quantitative estimate of drug-likeness (QED) is 0.468. The summed E-state index contributed by atoms with van der Waals surface area (Å²) < 4.78 is 5.03. The standard InChI is InChI=1S/C27H31N5O2/c1-18-10-11-20(3)22(14-18)17-32-25(33)23-24(29(4)27(32)34)28-26-30(15-19(2)16-31(23)26)13-12-21-8-6-5-7-9-21/h5-11,14,19H,12-13,15-17H2,1-4H3/p+1/t19-/m0/s1. The maximum atomic E-state index is 13.7. The first kappa shape index (κ1) is 22.2. The number of hydrogen-bond acceptors (Lipinski definition) is 3. The van der Waals surface area contributed by atoms with Gasteiger partial charge in [0.05, 0.1) is 26.2 Å². The highest BCUT2D eigenvalue weighted by Gasteiger charge is 2.34. The average Bonchev–Trinajstić information content (AvgIpc) is 3.21. The molecule has 5 rings (SSSR count). The van der Waals surface area contributed by atoms with E-state index in [1.54, 1.807) is 11.6 Å². The minimum atomic E-state index is -0.304. The van der Waals surface area contributed by atoms with Crippen molar-refractivity contribution in [1.82, 2.24) is 14.1 Å². The third kappa shape index (κ3) is 3.85. The number of imidazole rings is 1. The number of aromatic nitrogens is 4. The third-order valence-electron chi connectivity index (χ3n) is 6.95. The minimum absolute atomic E-state index is 0.237. The van der Waals surface area contributed by atoms with Crippen LogP contribution in [0.2, 0.25) is 0 Å². The van der Waals surface area contributed by atoms with E-state index in [0.29, 0.717) is 17.1 Å². The molecule has 0 amide bonds. The number of hydrogen-bond donors (Lipinski definition) is 1. The molecule has 7 heteroatoms.